The molecule has 0 spiro atoms. The molecule has 9 heteroatoms. The van der Waals surface area contributed by atoms with Gasteiger partial charge in [-0.1, -0.05) is 45.9 Å². The van der Waals surface area contributed by atoms with Crippen LogP contribution in [0.15, 0.2) is 58.2 Å². The molecule has 0 radical (unpaired) electrons. The summed E-state index contributed by atoms with van der Waals surface area (Å²) in [5.41, 5.74) is 0.743. The summed E-state index contributed by atoms with van der Waals surface area (Å²) >= 11 is 4.73. The maximum absolute atomic E-state index is 12.2. The number of halogens is 1. The fraction of sp³-hybridized carbons (Fsp3) is 0.250. The summed E-state index contributed by atoms with van der Waals surface area (Å²) in [5, 5.41) is 12.0. The lowest BCUT2D eigenvalue weighted by molar-refractivity contribution is -0.113. The molecule has 29 heavy (non-hydrogen) atoms. The number of hydrogen-bond acceptors (Lipinski definition) is 6. The van der Waals surface area contributed by atoms with Crippen LogP contribution in [0.2, 0.25) is 0 Å². The molecule has 3 rings (SSSR count). The van der Waals surface area contributed by atoms with Crippen LogP contribution in [0, 0.1) is 0 Å². The number of hydrogen-bond donors (Lipinski definition) is 1. The van der Waals surface area contributed by atoms with Gasteiger partial charge in [-0.3, -0.25) is 4.79 Å². The molecule has 1 amide bonds. The van der Waals surface area contributed by atoms with E-state index < -0.39 is 0 Å². The number of amides is 1. The second-order valence-corrected chi connectivity index (χ2v) is 7.79. The summed E-state index contributed by atoms with van der Waals surface area (Å²) in [7, 11) is 1.60. The average molecular weight is 477 g/mol. The number of para-hydroxylation sites is 2. The first-order valence-corrected chi connectivity index (χ1v) is 10.7. The van der Waals surface area contributed by atoms with Gasteiger partial charge in [0, 0.05) is 16.7 Å². The highest BCUT2D eigenvalue weighted by Crippen LogP contribution is 2.27. The number of carbonyl (C=O) groups is 1. The van der Waals surface area contributed by atoms with E-state index in [0.717, 1.165) is 10.2 Å². The van der Waals surface area contributed by atoms with Crippen LogP contribution >= 0.6 is 27.7 Å². The maximum Gasteiger partial charge on any atom is 0.234 e. The minimum Gasteiger partial charge on any atom is -0.493 e. The minimum absolute atomic E-state index is 0.106. The van der Waals surface area contributed by atoms with E-state index >= 15 is 0 Å². The first-order valence-electron chi connectivity index (χ1n) is 8.96. The molecule has 7 nitrogen and oxygen atoms in total. The standard InChI is InChI=1S/C20H21BrN4O3S/c1-3-25-18(12-28-17-10-5-4-9-16(17)27-2)23-24-20(25)29-13-19(26)22-15-8-6-7-14(21)11-15/h4-11H,3,12-13H2,1-2H3,(H,22,26). The van der Waals surface area contributed by atoms with Crippen LogP contribution in [0.5, 0.6) is 11.5 Å². The van der Waals surface area contributed by atoms with Gasteiger partial charge in [0.25, 0.3) is 0 Å². The van der Waals surface area contributed by atoms with Gasteiger partial charge in [0.1, 0.15) is 6.61 Å². The number of methoxy groups -OCH3 is 1. The molecule has 0 unspecified atom stereocenters. The molecular formula is C20H21BrN4O3S. The zero-order chi connectivity index (χ0) is 20.6. The van der Waals surface area contributed by atoms with E-state index in [2.05, 4.69) is 31.4 Å². The summed E-state index contributed by atoms with van der Waals surface area (Å²) in [5.74, 6) is 2.12. The van der Waals surface area contributed by atoms with Gasteiger partial charge in [-0.05, 0) is 37.3 Å². The predicted octanol–water partition coefficient (Wildman–Crippen LogP) is 4.38. The van der Waals surface area contributed by atoms with E-state index in [4.69, 9.17) is 9.47 Å². The molecule has 0 aliphatic heterocycles. The summed E-state index contributed by atoms with van der Waals surface area (Å²) in [6, 6.07) is 14.9. The van der Waals surface area contributed by atoms with Crippen molar-refractivity contribution in [1.82, 2.24) is 14.8 Å². The zero-order valence-corrected chi connectivity index (χ0v) is 18.5. The lowest BCUT2D eigenvalue weighted by Gasteiger charge is -2.11. The lowest BCUT2D eigenvalue weighted by atomic mass is 10.3. The van der Waals surface area contributed by atoms with Crippen molar-refractivity contribution < 1.29 is 14.3 Å². The van der Waals surface area contributed by atoms with Gasteiger partial charge in [-0.15, -0.1) is 10.2 Å². The van der Waals surface area contributed by atoms with Crippen LogP contribution in [0.3, 0.4) is 0 Å². The Kier molecular flexibility index (Phi) is 7.54. The van der Waals surface area contributed by atoms with Crippen molar-refractivity contribution in [2.45, 2.75) is 25.2 Å². The van der Waals surface area contributed by atoms with Gasteiger partial charge < -0.3 is 19.4 Å². The molecule has 2 aromatic carbocycles. The normalized spacial score (nSPS) is 10.6. The van der Waals surface area contributed by atoms with Crippen LogP contribution in [-0.4, -0.2) is 33.5 Å². The Labute approximate surface area is 181 Å². The van der Waals surface area contributed by atoms with Crippen molar-refractivity contribution in [3.05, 3.63) is 58.8 Å². The highest BCUT2D eigenvalue weighted by molar-refractivity contribution is 9.10. The largest absolute Gasteiger partial charge is 0.493 e. The molecule has 1 heterocycles. The molecule has 0 aliphatic carbocycles. The molecule has 1 N–H and O–H groups in total. The van der Waals surface area contributed by atoms with E-state index in [-0.39, 0.29) is 18.3 Å². The van der Waals surface area contributed by atoms with E-state index in [9.17, 15) is 4.79 Å². The number of nitrogens with one attached hydrogen (secondary N) is 1. The smallest absolute Gasteiger partial charge is 0.234 e. The van der Waals surface area contributed by atoms with Crippen molar-refractivity contribution in [1.29, 1.82) is 0 Å². The van der Waals surface area contributed by atoms with Gasteiger partial charge in [0.05, 0.1) is 12.9 Å². The molecule has 0 aliphatic rings. The molecule has 0 fully saturated rings. The predicted molar refractivity (Wildman–Crippen MR) is 117 cm³/mol. The second-order valence-electron chi connectivity index (χ2n) is 5.93. The van der Waals surface area contributed by atoms with Gasteiger partial charge in [0.15, 0.2) is 22.5 Å². The van der Waals surface area contributed by atoms with Crippen molar-refractivity contribution >= 4 is 39.3 Å². The molecule has 1 aromatic heterocycles. The molecule has 152 valence electrons. The molecule has 0 saturated carbocycles. The summed E-state index contributed by atoms with van der Waals surface area (Å²) in [6.07, 6.45) is 0. The molecule has 0 bridgehead atoms. The van der Waals surface area contributed by atoms with Gasteiger partial charge in [-0.25, -0.2) is 0 Å². The number of ether oxygens (including phenoxy) is 2. The summed E-state index contributed by atoms with van der Waals surface area (Å²) in [6.45, 7) is 2.93. The molecule has 0 atom stereocenters. The topological polar surface area (TPSA) is 78.3 Å². The number of anilines is 1. The maximum atomic E-state index is 12.2. The van der Waals surface area contributed by atoms with Crippen LogP contribution in [0.1, 0.15) is 12.7 Å². The van der Waals surface area contributed by atoms with Crippen LogP contribution < -0.4 is 14.8 Å². The third-order valence-corrected chi connectivity index (χ3v) is 5.44. The van der Waals surface area contributed by atoms with Crippen molar-refractivity contribution in [3.63, 3.8) is 0 Å². The van der Waals surface area contributed by atoms with E-state index in [1.807, 2.05) is 60.0 Å². The van der Waals surface area contributed by atoms with Gasteiger partial charge in [-0.2, -0.15) is 0 Å². The van der Waals surface area contributed by atoms with Crippen molar-refractivity contribution in [3.8, 4) is 11.5 Å². The Morgan fingerprint density at radius 2 is 1.97 bits per heavy atom. The van der Waals surface area contributed by atoms with Crippen LogP contribution in [0.4, 0.5) is 5.69 Å². The first-order chi connectivity index (χ1) is 14.1. The highest BCUT2D eigenvalue weighted by atomic mass is 79.9. The number of aromatic nitrogens is 3. The summed E-state index contributed by atoms with van der Waals surface area (Å²) < 4.78 is 14.0. The highest BCUT2D eigenvalue weighted by Gasteiger charge is 2.14. The number of rotatable bonds is 9. The molecule has 0 saturated heterocycles. The Morgan fingerprint density at radius 3 is 2.69 bits per heavy atom. The Bertz CT molecular complexity index is 980. The third-order valence-electron chi connectivity index (χ3n) is 3.98. The molecular weight excluding hydrogens is 456 g/mol. The second kappa shape index (κ2) is 10.3. The fourth-order valence-electron chi connectivity index (χ4n) is 2.62. The Balaban J connectivity index is 1.59. The van der Waals surface area contributed by atoms with E-state index in [0.29, 0.717) is 29.0 Å². The minimum atomic E-state index is -0.106. The number of carbonyl (C=O) groups excluding carboxylic acids is 1. The van der Waals surface area contributed by atoms with Crippen LogP contribution in [-0.2, 0) is 17.9 Å². The average Bonchev–Trinajstić information content (AvgIpc) is 3.12. The third kappa shape index (κ3) is 5.74. The monoisotopic (exact) mass is 476 g/mol. The van der Waals surface area contributed by atoms with Gasteiger partial charge >= 0.3 is 0 Å². The van der Waals surface area contributed by atoms with Crippen molar-refractivity contribution in [2.75, 3.05) is 18.2 Å². The number of thioether (sulfide) groups is 1. The SMILES string of the molecule is CCn1c(COc2ccccc2OC)nnc1SCC(=O)Nc1cccc(Br)c1. The Hall–Kier alpha value is -2.52. The van der Waals surface area contributed by atoms with Crippen LogP contribution in [0.25, 0.3) is 0 Å². The van der Waals surface area contributed by atoms with Crippen molar-refractivity contribution in [2.24, 2.45) is 0 Å². The van der Waals surface area contributed by atoms with E-state index in [1.165, 1.54) is 11.8 Å². The molecule has 3 aromatic rings. The first kappa shape index (κ1) is 21.2. The zero-order valence-electron chi connectivity index (χ0n) is 16.1. The fourth-order valence-corrected chi connectivity index (χ4v) is 3.84. The van der Waals surface area contributed by atoms with Gasteiger partial charge in [0.2, 0.25) is 5.91 Å². The number of benzene rings is 2. The quantitative estimate of drug-likeness (QED) is 0.461. The number of nitrogens with zero attached hydrogens (tertiary/aromatic N) is 3. The summed E-state index contributed by atoms with van der Waals surface area (Å²) in [4.78, 5) is 12.2. The Morgan fingerprint density at radius 1 is 1.17 bits per heavy atom. The van der Waals surface area contributed by atoms with E-state index in [1.54, 1.807) is 7.11 Å². The lowest BCUT2D eigenvalue weighted by Crippen LogP contribution is -2.15.